The lowest BCUT2D eigenvalue weighted by Gasteiger charge is -2.09. The van der Waals surface area contributed by atoms with Crippen LogP contribution in [0.5, 0.6) is 0 Å². The number of ether oxygens (including phenoxy) is 1. The maximum Gasteiger partial charge on any atom is 0.306 e. The van der Waals surface area contributed by atoms with Crippen LogP contribution < -0.4 is 0 Å². The maximum absolute atomic E-state index is 10.4. The first-order chi connectivity index (χ1) is 7.13. The zero-order valence-electron chi connectivity index (χ0n) is 8.51. The van der Waals surface area contributed by atoms with Gasteiger partial charge in [-0.1, -0.05) is 24.3 Å². The third-order valence-electron chi connectivity index (χ3n) is 2.01. The summed E-state index contributed by atoms with van der Waals surface area (Å²) in [5.41, 5.74) is 1.52. The quantitative estimate of drug-likeness (QED) is 0.769. The van der Waals surface area contributed by atoms with Gasteiger partial charge in [-0.3, -0.25) is 4.79 Å². The van der Waals surface area contributed by atoms with Gasteiger partial charge in [0.25, 0.3) is 0 Å². The van der Waals surface area contributed by atoms with E-state index in [1.54, 1.807) is 25.3 Å². The second-order valence-corrected chi connectivity index (χ2v) is 3.29. The van der Waals surface area contributed by atoms with Crippen LogP contribution in [0.4, 0.5) is 0 Å². The van der Waals surface area contributed by atoms with E-state index in [2.05, 4.69) is 0 Å². The lowest BCUT2D eigenvalue weighted by atomic mass is 10.0. The number of carboxylic acids is 1. The normalized spacial score (nSPS) is 12.4. The van der Waals surface area contributed by atoms with Gasteiger partial charge in [0.15, 0.2) is 0 Å². The third kappa shape index (κ3) is 3.69. The Morgan fingerprint density at radius 3 is 2.87 bits per heavy atom. The summed E-state index contributed by atoms with van der Waals surface area (Å²) in [5, 5.41) is 18.1. The van der Waals surface area contributed by atoms with Crippen LogP contribution in [0.25, 0.3) is 0 Å². The maximum atomic E-state index is 10.4. The molecule has 0 radical (unpaired) electrons. The summed E-state index contributed by atoms with van der Waals surface area (Å²) in [6, 6.07) is 7.08. The summed E-state index contributed by atoms with van der Waals surface area (Å²) >= 11 is 0. The summed E-state index contributed by atoms with van der Waals surface area (Å²) in [4.78, 5) is 10.4. The van der Waals surface area contributed by atoms with Crippen molar-refractivity contribution in [1.82, 2.24) is 0 Å². The van der Waals surface area contributed by atoms with E-state index in [1.165, 1.54) is 0 Å². The molecule has 1 atom stereocenters. The van der Waals surface area contributed by atoms with E-state index in [9.17, 15) is 9.90 Å². The molecular formula is C11H14O4. The number of aliphatic hydroxyl groups is 1. The molecule has 0 saturated heterocycles. The number of hydrogen-bond acceptors (Lipinski definition) is 3. The Hall–Kier alpha value is -1.39. The Balaban J connectivity index is 2.75. The standard InChI is InChI=1S/C11H14O4/c1-15-7-8-3-2-4-9(5-8)10(12)6-11(13)14/h2-5,10,12H,6-7H2,1H3,(H,13,14). The number of rotatable bonds is 5. The highest BCUT2D eigenvalue weighted by Crippen LogP contribution is 2.18. The van der Waals surface area contributed by atoms with Crippen molar-refractivity contribution in [3.8, 4) is 0 Å². The van der Waals surface area contributed by atoms with Crippen LogP contribution in [0, 0.1) is 0 Å². The molecule has 82 valence electrons. The van der Waals surface area contributed by atoms with Gasteiger partial charge >= 0.3 is 5.97 Å². The van der Waals surface area contributed by atoms with Crippen molar-refractivity contribution < 1.29 is 19.7 Å². The Kier molecular flexibility index (Phi) is 4.27. The molecule has 2 N–H and O–H groups in total. The third-order valence-corrected chi connectivity index (χ3v) is 2.01. The fraction of sp³-hybridized carbons (Fsp3) is 0.364. The number of methoxy groups -OCH3 is 1. The highest BCUT2D eigenvalue weighted by atomic mass is 16.5. The Labute approximate surface area is 88.1 Å². The lowest BCUT2D eigenvalue weighted by molar-refractivity contribution is -0.139. The molecule has 15 heavy (non-hydrogen) atoms. The fourth-order valence-electron chi connectivity index (χ4n) is 1.34. The number of benzene rings is 1. The zero-order chi connectivity index (χ0) is 11.3. The summed E-state index contributed by atoms with van der Waals surface area (Å²) in [6.45, 7) is 0.452. The predicted molar refractivity (Wildman–Crippen MR) is 54.4 cm³/mol. The molecule has 0 bridgehead atoms. The first-order valence-corrected chi connectivity index (χ1v) is 4.61. The molecule has 0 aliphatic rings. The highest BCUT2D eigenvalue weighted by molar-refractivity contribution is 5.67. The largest absolute Gasteiger partial charge is 0.481 e. The van der Waals surface area contributed by atoms with Crippen LogP contribution in [0.2, 0.25) is 0 Å². The zero-order valence-corrected chi connectivity index (χ0v) is 8.51. The minimum atomic E-state index is -1.01. The highest BCUT2D eigenvalue weighted by Gasteiger charge is 2.11. The van der Waals surface area contributed by atoms with Crippen LogP contribution in [0.3, 0.4) is 0 Å². The average molecular weight is 210 g/mol. The van der Waals surface area contributed by atoms with Crippen LogP contribution in [-0.2, 0) is 16.1 Å². The van der Waals surface area contributed by atoms with E-state index in [-0.39, 0.29) is 6.42 Å². The van der Waals surface area contributed by atoms with Crippen molar-refractivity contribution in [1.29, 1.82) is 0 Å². The van der Waals surface area contributed by atoms with Gasteiger partial charge in [0.1, 0.15) is 0 Å². The van der Waals surface area contributed by atoms with Crippen molar-refractivity contribution >= 4 is 5.97 Å². The van der Waals surface area contributed by atoms with E-state index < -0.39 is 12.1 Å². The molecule has 0 aromatic heterocycles. The molecular weight excluding hydrogens is 196 g/mol. The Morgan fingerprint density at radius 1 is 1.53 bits per heavy atom. The lowest BCUT2D eigenvalue weighted by Crippen LogP contribution is -2.05. The summed E-state index contributed by atoms with van der Waals surface area (Å²) < 4.78 is 4.95. The van der Waals surface area contributed by atoms with Crippen molar-refractivity contribution in [3.05, 3.63) is 35.4 Å². The minimum Gasteiger partial charge on any atom is -0.481 e. The van der Waals surface area contributed by atoms with E-state index in [4.69, 9.17) is 9.84 Å². The number of hydrogen-bond donors (Lipinski definition) is 2. The average Bonchev–Trinajstić information content (AvgIpc) is 2.17. The molecule has 1 aromatic rings. The van der Waals surface area contributed by atoms with E-state index in [0.29, 0.717) is 12.2 Å². The minimum absolute atomic E-state index is 0.281. The second kappa shape index (κ2) is 5.48. The Bertz CT molecular complexity index is 335. The van der Waals surface area contributed by atoms with Crippen molar-refractivity contribution in [2.45, 2.75) is 19.1 Å². The van der Waals surface area contributed by atoms with E-state index in [1.807, 2.05) is 6.07 Å². The number of aliphatic carboxylic acids is 1. The van der Waals surface area contributed by atoms with Crippen molar-refractivity contribution in [2.24, 2.45) is 0 Å². The molecule has 1 rings (SSSR count). The number of aliphatic hydroxyl groups excluding tert-OH is 1. The monoisotopic (exact) mass is 210 g/mol. The Morgan fingerprint density at radius 2 is 2.27 bits per heavy atom. The van der Waals surface area contributed by atoms with Gasteiger partial charge in [0, 0.05) is 7.11 Å². The van der Waals surface area contributed by atoms with Gasteiger partial charge in [-0.15, -0.1) is 0 Å². The van der Waals surface area contributed by atoms with Gasteiger partial charge in [-0.05, 0) is 11.1 Å². The molecule has 0 saturated carbocycles. The molecule has 4 heteroatoms. The summed E-state index contributed by atoms with van der Waals surface area (Å²) in [6.07, 6.45) is -1.24. The van der Waals surface area contributed by atoms with E-state index >= 15 is 0 Å². The van der Waals surface area contributed by atoms with Gasteiger partial charge in [-0.2, -0.15) is 0 Å². The molecule has 0 spiro atoms. The smallest absolute Gasteiger partial charge is 0.306 e. The molecule has 0 heterocycles. The van der Waals surface area contributed by atoms with Crippen LogP contribution in [0.15, 0.2) is 24.3 Å². The SMILES string of the molecule is COCc1cccc(C(O)CC(=O)O)c1. The second-order valence-electron chi connectivity index (χ2n) is 3.29. The van der Waals surface area contributed by atoms with Crippen LogP contribution in [-0.4, -0.2) is 23.3 Å². The fourth-order valence-corrected chi connectivity index (χ4v) is 1.34. The summed E-state index contributed by atoms with van der Waals surface area (Å²) in [5.74, 6) is -1.01. The van der Waals surface area contributed by atoms with Gasteiger partial charge in [0.05, 0.1) is 19.1 Å². The molecule has 0 fully saturated rings. The molecule has 1 unspecified atom stereocenters. The molecule has 0 amide bonds. The molecule has 0 aliphatic carbocycles. The number of carboxylic acid groups (broad SMARTS) is 1. The van der Waals surface area contributed by atoms with Gasteiger partial charge in [-0.25, -0.2) is 0 Å². The topological polar surface area (TPSA) is 66.8 Å². The number of carbonyl (C=O) groups is 1. The molecule has 0 aliphatic heterocycles. The van der Waals surface area contributed by atoms with Crippen LogP contribution in [0.1, 0.15) is 23.7 Å². The van der Waals surface area contributed by atoms with Gasteiger partial charge < -0.3 is 14.9 Å². The molecule has 1 aromatic carbocycles. The van der Waals surface area contributed by atoms with Crippen molar-refractivity contribution in [2.75, 3.05) is 7.11 Å². The summed E-state index contributed by atoms with van der Waals surface area (Å²) in [7, 11) is 1.58. The van der Waals surface area contributed by atoms with E-state index in [0.717, 1.165) is 5.56 Å². The van der Waals surface area contributed by atoms with Crippen molar-refractivity contribution in [3.63, 3.8) is 0 Å². The first-order valence-electron chi connectivity index (χ1n) is 4.61. The predicted octanol–water partition coefficient (Wildman–Crippen LogP) is 1.34. The molecule has 4 nitrogen and oxygen atoms in total. The first kappa shape index (κ1) is 11.7. The van der Waals surface area contributed by atoms with Crippen LogP contribution >= 0.6 is 0 Å². The van der Waals surface area contributed by atoms with Gasteiger partial charge in [0.2, 0.25) is 0 Å².